The van der Waals surface area contributed by atoms with Gasteiger partial charge in [-0.15, -0.1) is 0 Å². The second kappa shape index (κ2) is 9.66. The highest BCUT2D eigenvalue weighted by molar-refractivity contribution is 14.1. The molecule has 0 aromatic heterocycles. The Labute approximate surface area is 183 Å². The Morgan fingerprint density at radius 1 is 0.963 bits per heavy atom. The largest absolute Gasteiger partial charge is 0.507 e. The van der Waals surface area contributed by atoms with Gasteiger partial charge in [-0.3, -0.25) is 4.79 Å². The first kappa shape index (κ1) is 21.9. The van der Waals surface area contributed by atoms with Crippen LogP contribution in [-0.2, 0) is 22.4 Å². The number of aromatic hydroxyl groups is 1. The predicted octanol–water partition coefficient (Wildman–Crippen LogP) is 2.03. The minimum absolute atomic E-state index is 0.174. The van der Waals surface area contributed by atoms with Crippen LogP contribution >= 0.6 is 45.2 Å². The summed E-state index contributed by atoms with van der Waals surface area (Å²) in [6, 6.07) is 8.15. The van der Waals surface area contributed by atoms with Crippen molar-refractivity contribution in [3.8, 4) is 11.5 Å². The van der Waals surface area contributed by atoms with Crippen molar-refractivity contribution < 1.29 is 24.5 Å². The molecule has 0 heterocycles. The molecular weight excluding hydrogens is 578 g/mol. The van der Waals surface area contributed by atoms with E-state index in [2.05, 4.69) is 0 Å². The van der Waals surface area contributed by atoms with E-state index in [4.69, 9.17) is 21.3 Å². The molecule has 144 valence electrons. The van der Waals surface area contributed by atoms with Gasteiger partial charge in [-0.2, -0.15) is 0 Å². The number of halogens is 2. The van der Waals surface area contributed by atoms with E-state index in [-0.39, 0.29) is 18.6 Å². The number of carboxylic acids is 1. The van der Waals surface area contributed by atoms with E-state index in [1.807, 2.05) is 45.2 Å². The van der Waals surface area contributed by atoms with Crippen molar-refractivity contribution in [1.82, 2.24) is 0 Å². The van der Waals surface area contributed by atoms with Crippen LogP contribution in [0, 0.1) is 7.14 Å². The Morgan fingerprint density at radius 2 is 1.52 bits per heavy atom. The molecule has 6 N–H and O–H groups in total. The van der Waals surface area contributed by atoms with Gasteiger partial charge in [0.15, 0.2) is 0 Å². The van der Waals surface area contributed by atoms with E-state index >= 15 is 0 Å². The van der Waals surface area contributed by atoms with E-state index in [9.17, 15) is 14.7 Å². The van der Waals surface area contributed by atoms with Gasteiger partial charge in [0, 0.05) is 0 Å². The standard InChI is InChI=1S/C18H18I2N2O5/c19-11-5-9(1-3-15(11)23)8-14(22)18(26)27-16-4-2-10(6-12(16)20)7-13(21)17(24)25/h1-6,13-14,23H,7-8,21-22H2,(H,24,25)/t13-,14+/m1/s1. The summed E-state index contributed by atoms with van der Waals surface area (Å²) in [7, 11) is 0. The zero-order valence-corrected chi connectivity index (χ0v) is 18.4. The van der Waals surface area contributed by atoms with Crippen LogP contribution in [0.2, 0.25) is 0 Å². The second-order valence-electron chi connectivity index (χ2n) is 5.93. The smallest absolute Gasteiger partial charge is 0.328 e. The highest BCUT2D eigenvalue weighted by Crippen LogP contribution is 2.24. The SMILES string of the molecule is N[C@H](Cc1ccc(OC(=O)[C@@H](N)Cc2ccc(O)c(I)c2)c(I)c1)C(=O)O. The number of hydrogen-bond acceptors (Lipinski definition) is 6. The fourth-order valence-electron chi connectivity index (χ4n) is 2.29. The van der Waals surface area contributed by atoms with Crippen molar-refractivity contribution in [2.45, 2.75) is 24.9 Å². The summed E-state index contributed by atoms with van der Waals surface area (Å²) >= 11 is 4.00. The van der Waals surface area contributed by atoms with Gasteiger partial charge in [0.1, 0.15) is 23.6 Å². The maximum absolute atomic E-state index is 12.3. The third-order valence-electron chi connectivity index (χ3n) is 3.75. The van der Waals surface area contributed by atoms with Crippen molar-refractivity contribution in [2.24, 2.45) is 11.5 Å². The number of phenols is 1. The summed E-state index contributed by atoms with van der Waals surface area (Å²) < 4.78 is 6.70. The quantitative estimate of drug-likeness (QED) is 0.218. The monoisotopic (exact) mass is 596 g/mol. The molecule has 2 rings (SSSR count). The van der Waals surface area contributed by atoms with Gasteiger partial charge >= 0.3 is 11.9 Å². The first-order valence-electron chi connectivity index (χ1n) is 7.89. The molecule has 7 nitrogen and oxygen atoms in total. The van der Waals surface area contributed by atoms with Crippen LogP contribution < -0.4 is 16.2 Å². The molecule has 0 radical (unpaired) electrons. The molecule has 0 saturated heterocycles. The highest BCUT2D eigenvalue weighted by atomic mass is 127. The van der Waals surface area contributed by atoms with Gasteiger partial charge in [-0.1, -0.05) is 12.1 Å². The number of carboxylic acid groups (broad SMARTS) is 1. The van der Waals surface area contributed by atoms with Crippen LogP contribution in [0.5, 0.6) is 11.5 Å². The number of phenolic OH excluding ortho intramolecular Hbond substituents is 1. The van der Waals surface area contributed by atoms with Crippen LogP contribution in [0.3, 0.4) is 0 Å². The summed E-state index contributed by atoms with van der Waals surface area (Å²) in [5.74, 6) is -1.13. The summed E-state index contributed by atoms with van der Waals surface area (Å²) in [6.07, 6.45) is 0.454. The number of benzene rings is 2. The average molecular weight is 596 g/mol. The molecule has 0 amide bonds. The maximum atomic E-state index is 12.3. The number of carbonyl (C=O) groups is 2. The number of aliphatic carboxylic acids is 1. The van der Waals surface area contributed by atoms with E-state index < -0.39 is 24.0 Å². The number of rotatable bonds is 7. The van der Waals surface area contributed by atoms with Crippen LogP contribution in [0.4, 0.5) is 0 Å². The molecule has 2 aromatic rings. The van der Waals surface area contributed by atoms with E-state index in [1.54, 1.807) is 36.4 Å². The molecule has 0 spiro atoms. The molecule has 2 atom stereocenters. The third kappa shape index (κ3) is 6.30. The van der Waals surface area contributed by atoms with E-state index in [0.29, 0.717) is 12.9 Å². The first-order valence-corrected chi connectivity index (χ1v) is 10.0. The summed E-state index contributed by atoms with van der Waals surface area (Å²) in [4.78, 5) is 23.1. The fourth-order valence-corrected chi connectivity index (χ4v) is 3.56. The molecule has 0 fully saturated rings. The molecule has 0 aliphatic heterocycles. The predicted molar refractivity (Wildman–Crippen MR) is 117 cm³/mol. The Morgan fingerprint density at radius 3 is 2.07 bits per heavy atom. The number of carbonyl (C=O) groups excluding carboxylic acids is 1. The lowest BCUT2D eigenvalue weighted by molar-refractivity contribution is -0.138. The number of ether oxygens (including phenoxy) is 1. The Bertz CT molecular complexity index is 860. The van der Waals surface area contributed by atoms with Gasteiger partial charge in [0.05, 0.1) is 7.14 Å². The molecular formula is C18H18I2N2O5. The van der Waals surface area contributed by atoms with Gasteiger partial charge in [-0.25, -0.2) is 4.79 Å². The summed E-state index contributed by atoms with van der Waals surface area (Å²) in [5.41, 5.74) is 13.0. The van der Waals surface area contributed by atoms with Crippen molar-refractivity contribution in [3.63, 3.8) is 0 Å². The minimum Gasteiger partial charge on any atom is -0.507 e. The van der Waals surface area contributed by atoms with Crippen LogP contribution in [0.25, 0.3) is 0 Å². The topological polar surface area (TPSA) is 136 Å². The number of esters is 1. The lowest BCUT2D eigenvalue weighted by atomic mass is 10.1. The summed E-state index contributed by atoms with van der Waals surface area (Å²) in [5, 5.41) is 18.4. The second-order valence-corrected chi connectivity index (χ2v) is 8.26. The third-order valence-corrected chi connectivity index (χ3v) is 5.46. The van der Waals surface area contributed by atoms with Gasteiger partial charge in [-0.05, 0) is 93.4 Å². The molecule has 9 heteroatoms. The average Bonchev–Trinajstić information content (AvgIpc) is 2.60. The fraction of sp³-hybridized carbons (Fsp3) is 0.222. The molecule has 0 unspecified atom stereocenters. The van der Waals surface area contributed by atoms with E-state index in [0.717, 1.165) is 11.1 Å². The molecule has 0 bridgehead atoms. The Kier molecular flexibility index (Phi) is 7.82. The van der Waals surface area contributed by atoms with Crippen molar-refractivity contribution in [1.29, 1.82) is 0 Å². The Hall–Kier alpha value is -1.44. The van der Waals surface area contributed by atoms with Crippen LogP contribution in [-0.4, -0.2) is 34.2 Å². The number of hydrogen-bond donors (Lipinski definition) is 4. The van der Waals surface area contributed by atoms with Crippen LogP contribution in [0.1, 0.15) is 11.1 Å². The minimum atomic E-state index is -1.07. The van der Waals surface area contributed by atoms with Gasteiger partial charge in [0.2, 0.25) is 0 Å². The molecule has 0 saturated carbocycles. The molecule has 2 aromatic carbocycles. The summed E-state index contributed by atoms with van der Waals surface area (Å²) in [6.45, 7) is 0. The molecule has 0 aliphatic carbocycles. The van der Waals surface area contributed by atoms with Crippen molar-refractivity contribution in [2.75, 3.05) is 0 Å². The highest BCUT2D eigenvalue weighted by Gasteiger charge is 2.19. The lowest BCUT2D eigenvalue weighted by Gasteiger charge is -2.14. The van der Waals surface area contributed by atoms with Crippen molar-refractivity contribution in [3.05, 3.63) is 54.7 Å². The lowest BCUT2D eigenvalue weighted by Crippen LogP contribution is -2.36. The zero-order valence-electron chi connectivity index (χ0n) is 14.1. The number of nitrogens with two attached hydrogens (primary N) is 2. The van der Waals surface area contributed by atoms with Crippen molar-refractivity contribution >= 4 is 57.1 Å². The van der Waals surface area contributed by atoms with Gasteiger partial charge < -0.3 is 26.4 Å². The van der Waals surface area contributed by atoms with E-state index in [1.165, 1.54) is 0 Å². The zero-order chi connectivity index (χ0) is 20.1. The van der Waals surface area contributed by atoms with Crippen LogP contribution in [0.15, 0.2) is 36.4 Å². The normalized spacial score (nSPS) is 13.0. The maximum Gasteiger partial charge on any atom is 0.328 e. The first-order chi connectivity index (χ1) is 12.7. The molecule has 0 aliphatic rings. The molecule has 27 heavy (non-hydrogen) atoms. The van der Waals surface area contributed by atoms with Gasteiger partial charge in [0.25, 0.3) is 0 Å². The Balaban J connectivity index is 2.01.